The fourth-order valence-electron chi connectivity index (χ4n) is 1.69. The van der Waals surface area contributed by atoms with Crippen molar-refractivity contribution in [3.63, 3.8) is 0 Å². The quantitative estimate of drug-likeness (QED) is 0.677. The summed E-state index contributed by atoms with van der Waals surface area (Å²) < 4.78 is 4.85. The molecule has 2 atom stereocenters. The summed E-state index contributed by atoms with van der Waals surface area (Å²) in [5.74, 6) is -0.832. The zero-order valence-electron chi connectivity index (χ0n) is 7.93. The molecule has 0 aliphatic carbocycles. The van der Waals surface area contributed by atoms with Crippen LogP contribution in [0.5, 0.6) is 0 Å². The van der Waals surface area contributed by atoms with E-state index in [-0.39, 0.29) is 12.6 Å². The molecule has 0 bridgehead atoms. The van der Waals surface area contributed by atoms with Gasteiger partial charge in [0, 0.05) is 0 Å². The van der Waals surface area contributed by atoms with Gasteiger partial charge in [-0.15, -0.1) is 0 Å². The fraction of sp³-hybridized carbons (Fsp3) is 0.364. The highest BCUT2D eigenvalue weighted by Gasteiger charge is 2.47. The molecule has 0 amide bonds. The highest BCUT2D eigenvalue weighted by atomic mass is 16.6. The molecule has 0 radical (unpaired) electrons. The Labute approximate surface area is 82.3 Å². The Bertz CT molecular complexity index is 347. The van der Waals surface area contributed by atoms with Gasteiger partial charge in [-0.1, -0.05) is 30.3 Å². The maximum atomic E-state index is 11.2. The van der Waals surface area contributed by atoms with E-state index in [9.17, 15) is 9.90 Å². The normalized spacial score (nSPS) is 31.6. The van der Waals surface area contributed by atoms with E-state index < -0.39 is 11.5 Å². The van der Waals surface area contributed by atoms with E-state index in [1.54, 1.807) is 19.1 Å². The van der Waals surface area contributed by atoms with Crippen molar-refractivity contribution in [2.75, 3.05) is 6.61 Å². The van der Waals surface area contributed by atoms with Crippen LogP contribution in [-0.4, -0.2) is 17.7 Å². The molecule has 0 aromatic heterocycles. The third kappa shape index (κ3) is 1.21. The van der Waals surface area contributed by atoms with Crippen molar-refractivity contribution >= 4 is 5.97 Å². The molecule has 0 unspecified atom stereocenters. The number of cyclic esters (lactones) is 1. The van der Waals surface area contributed by atoms with Crippen molar-refractivity contribution in [1.82, 2.24) is 0 Å². The number of esters is 1. The van der Waals surface area contributed by atoms with E-state index in [4.69, 9.17) is 4.74 Å². The molecular weight excluding hydrogens is 180 g/mol. The number of ether oxygens (including phenoxy) is 1. The van der Waals surface area contributed by atoms with Crippen molar-refractivity contribution < 1.29 is 14.6 Å². The second kappa shape index (κ2) is 3.10. The van der Waals surface area contributed by atoms with Gasteiger partial charge in [-0.25, -0.2) is 0 Å². The minimum Gasteiger partial charge on any atom is -0.462 e. The number of aliphatic hydroxyl groups is 1. The summed E-state index contributed by atoms with van der Waals surface area (Å²) in [7, 11) is 0. The maximum Gasteiger partial charge on any atom is 0.312 e. The Morgan fingerprint density at radius 1 is 1.43 bits per heavy atom. The predicted octanol–water partition coefficient (Wildman–Crippen LogP) is 1.07. The third-order valence-corrected chi connectivity index (χ3v) is 2.78. The first-order chi connectivity index (χ1) is 6.64. The van der Waals surface area contributed by atoms with Crippen LogP contribution in [-0.2, 0) is 15.1 Å². The van der Waals surface area contributed by atoms with E-state index in [2.05, 4.69) is 0 Å². The average Bonchev–Trinajstić information content (AvgIpc) is 2.49. The highest BCUT2D eigenvalue weighted by molar-refractivity contribution is 5.76. The van der Waals surface area contributed by atoms with Gasteiger partial charge in [-0.2, -0.15) is 0 Å². The SMILES string of the molecule is C[C@H]1C(=O)OC[C@]1(O)c1ccccc1. The molecule has 0 spiro atoms. The number of carbonyl (C=O) groups excluding carboxylic acids is 1. The van der Waals surface area contributed by atoms with Gasteiger partial charge in [0.15, 0.2) is 0 Å². The Morgan fingerprint density at radius 2 is 2.07 bits per heavy atom. The Hall–Kier alpha value is -1.35. The van der Waals surface area contributed by atoms with Crippen LogP contribution in [0.3, 0.4) is 0 Å². The molecule has 1 aliphatic heterocycles. The van der Waals surface area contributed by atoms with Crippen molar-refractivity contribution in [1.29, 1.82) is 0 Å². The van der Waals surface area contributed by atoms with Gasteiger partial charge in [-0.3, -0.25) is 4.79 Å². The second-order valence-corrected chi connectivity index (χ2v) is 3.62. The largest absolute Gasteiger partial charge is 0.462 e. The second-order valence-electron chi connectivity index (χ2n) is 3.62. The number of hydrogen-bond donors (Lipinski definition) is 1. The molecule has 1 aromatic rings. The van der Waals surface area contributed by atoms with Crippen LogP contribution >= 0.6 is 0 Å². The zero-order chi connectivity index (χ0) is 10.2. The van der Waals surface area contributed by atoms with Crippen LogP contribution in [0.1, 0.15) is 12.5 Å². The van der Waals surface area contributed by atoms with Crippen LogP contribution in [0.2, 0.25) is 0 Å². The van der Waals surface area contributed by atoms with Crippen LogP contribution < -0.4 is 0 Å². The molecule has 1 saturated heterocycles. The Balaban J connectivity index is 2.39. The first-order valence-corrected chi connectivity index (χ1v) is 4.59. The molecule has 2 rings (SSSR count). The number of rotatable bonds is 1. The van der Waals surface area contributed by atoms with Gasteiger partial charge in [0.25, 0.3) is 0 Å². The van der Waals surface area contributed by atoms with E-state index in [0.717, 1.165) is 5.56 Å². The van der Waals surface area contributed by atoms with Gasteiger partial charge in [0.05, 0.1) is 5.92 Å². The van der Waals surface area contributed by atoms with E-state index in [1.807, 2.05) is 18.2 Å². The summed E-state index contributed by atoms with van der Waals surface area (Å²) in [6.07, 6.45) is 0. The molecule has 74 valence electrons. The molecule has 1 fully saturated rings. The Morgan fingerprint density at radius 3 is 2.57 bits per heavy atom. The van der Waals surface area contributed by atoms with Crippen molar-refractivity contribution in [2.45, 2.75) is 12.5 Å². The number of carbonyl (C=O) groups is 1. The molecule has 1 aliphatic rings. The first kappa shape index (κ1) is 9.21. The smallest absolute Gasteiger partial charge is 0.312 e. The Kier molecular flexibility index (Phi) is 2.04. The standard InChI is InChI=1S/C11H12O3/c1-8-10(12)14-7-11(8,13)9-5-3-2-4-6-9/h2-6,8,13H,7H2,1H3/t8-,11+/m0/s1. The topological polar surface area (TPSA) is 46.5 Å². The molecule has 0 saturated carbocycles. The summed E-state index contributed by atoms with van der Waals surface area (Å²) in [5.41, 5.74) is -0.420. The van der Waals surface area contributed by atoms with Crippen molar-refractivity contribution in [3.8, 4) is 0 Å². The van der Waals surface area contributed by atoms with Crippen LogP contribution in [0.25, 0.3) is 0 Å². The summed E-state index contributed by atoms with van der Waals surface area (Å²) in [6, 6.07) is 9.15. The van der Waals surface area contributed by atoms with E-state index >= 15 is 0 Å². The molecule has 3 heteroatoms. The van der Waals surface area contributed by atoms with E-state index in [0.29, 0.717) is 0 Å². The van der Waals surface area contributed by atoms with E-state index in [1.165, 1.54) is 0 Å². The summed E-state index contributed by atoms with van der Waals surface area (Å²) in [4.78, 5) is 11.2. The van der Waals surface area contributed by atoms with Gasteiger partial charge in [0.1, 0.15) is 12.2 Å². The van der Waals surface area contributed by atoms with Crippen LogP contribution in [0.15, 0.2) is 30.3 Å². The lowest BCUT2D eigenvalue weighted by Crippen LogP contribution is -2.33. The molecular formula is C11H12O3. The highest BCUT2D eigenvalue weighted by Crippen LogP contribution is 2.35. The monoisotopic (exact) mass is 192 g/mol. The molecule has 1 aromatic carbocycles. The maximum absolute atomic E-state index is 11.2. The molecule has 1 heterocycles. The summed E-state index contributed by atoms with van der Waals surface area (Å²) in [6.45, 7) is 1.74. The molecule has 14 heavy (non-hydrogen) atoms. The lowest BCUT2D eigenvalue weighted by atomic mass is 9.85. The van der Waals surface area contributed by atoms with Gasteiger partial charge in [0.2, 0.25) is 0 Å². The fourth-order valence-corrected chi connectivity index (χ4v) is 1.69. The minimum atomic E-state index is -1.15. The predicted molar refractivity (Wildman–Crippen MR) is 50.5 cm³/mol. The van der Waals surface area contributed by atoms with Crippen molar-refractivity contribution in [3.05, 3.63) is 35.9 Å². The van der Waals surface area contributed by atoms with Gasteiger partial charge >= 0.3 is 5.97 Å². The first-order valence-electron chi connectivity index (χ1n) is 4.59. The van der Waals surface area contributed by atoms with Gasteiger partial charge in [-0.05, 0) is 12.5 Å². The van der Waals surface area contributed by atoms with Crippen molar-refractivity contribution in [2.24, 2.45) is 5.92 Å². The average molecular weight is 192 g/mol. The summed E-state index contributed by atoms with van der Waals surface area (Å²) >= 11 is 0. The number of benzene rings is 1. The third-order valence-electron chi connectivity index (χ3n) is 2.78. The van der Waals surface area contributed by atoms with Crippen LogP contribution in [0.4, 0.5) is 0 Å². The molecule has 3 nitrogen and oxygen atoms in total. The molecule has 1 N–H and O–H groups in total. The lowest BCUT2D eigenvalue weighted by molar-refractivity contribution is -0.140. The van der Waals surface area contributed by atoms with Crippen LogP contribution in [0, 0.1) is 5.92 Å². The minimum absolute atomic E-state index is 0.0526. The zero-order valence-corrected chi connectivity index (χ0v) is 7.93. The lowest BCUT2D eigenvalue weighted by Gasteiger charge is -2.23. The number of hydrogen-bond acceptors (Lipinski definition) is 3. The summed E-state index contributed by atoms with van der Waals surface area (Å²) in [5, 5.41) is 10.3. The van der Waals surface area contributed by atoms with Gasteiger partial charge < -0.3 is 9.84 Å².